The molecule has 1 aliphatic rings. The number of ether oxygens (including phenoxy) is 1. The van der Waals surface area contributed by atoms with Gasteiger partial charge >= 0.3 is 6.03 Å². The van der Waals surface area contributed by atoms with E-state index in [1.165, 1.54) is 24.3 Å². The van der Waals surface area contributed by atoms with E-state index in [1.54, 1.807) is 6.92 Å². The molecule has 0 radical (unpaired) electrons. The normalized spacial score (nSPS) is 18.2. The first-order chi connectivity index (χ1) is 11.5. The third kappa shape index (κ3) is 3.49. The molecule has 3 rings (SSSR count). The highest BCUT2D eigenvalue weighted by Crippen LogP contribution is 2.31. The molecular formula is C18H19FN2O3. The first kappa shape index (κ1) is 16.3. The first-order valence-electron chi connectivity index (χ1n) is 7.70. The SMILES string of the molecule is CC(O)(CNC(=O)NC1COc2ccccc21)c1ccc(F)cc1. The van der Waals surface area contributed by atoms with Crippen molar-refractivity contribution in [3.8, 4) is 5.75 Å². The summed E-state index contributed by atoms with van der Waals surface area (Å²) in [7, 11) is 0. The summed E-state index contributed by atoms with van der Waals surface area (Å²) < 4.78 is 18.5. The fourth-order valence-corrected chi connectivity index (χ4v) is 2.65. The maximum absolute atomic E-state index is 13.0. The average molecular weight is 330 g/mol. The number of carbonyl (C=O) groups excluding carboxylic acids is 1. The second-order valence-corrected chi connectivity index (χ2v) is 6.01. The summed E-state index contributed by atoms with van der Waals surface area (Å²) in [6.45, 7) is 1.94. The molecule has 1 aliphatic heterocycles. The van der Waals surface area contributed by atoms with Gasteiger partial charge in [0.25, 0.3) is 0 Å². The summed E-state index contributed by atoms with van der Waals surface area (Å²) in [5.74, 6) is 0.390. The lowest BCUT2D eigenvalue weighted by atomic mass is 9.96. The molecule has 3 N–H and O–H groups in total. The monoisotopic (exact) mass is 330 g/mol. The van der Waals surface area contributed by atoms with Crippen molar-refractivity contribution in [3.05, 3.63) is 65.5 Å². The minimum absolute atomic E-state index is 0.000308. The number of urea groups is 1. The number of fused-ring (bicyclic) bond motifs is 1. The summed E-state index contributed by atoms with van der Waals surface area (Å²) in [6, 6.07) is 12.4. The van der Waals surface area contributed by atoms with E-state index < -0.39 is 11.6 Å². The smallest absolute Gasteiger partial charge is 0.315 e. The summed E-state index contributed by atoms with van der Waals surface area (Å²) >= 11 is 0. The Morgan fingerprint density at radius 2 is 2.00 bits per heavy atom. The number of hydrogen-bond donors (Lipinski definition) is 3. The van der Waals surface area contributed by atoms with Gasteiger partial charge in [-0.15, -0.1) is 0 Å². The summed E-state index contributed by atoms with van der Waals surface area (Å²) in [5.41, 5.74) is 0.159. The number of hydrogen-bond acceptors (Lipinski definition) is 3. The van der Waals surface area contributed by atoms with Crippen molar-refractivity contribution < 1.29 is 19.0 Å². The summed E-state index contributed by atoms with van der Waals surface area (Å²) in [6.07, 6.45) is 0. The van der Waals surface area contributed by atoms with Gasteiger partial charge < -0.3 is 20.5 Å². The molecule has 0 aromatic heterocycles. The predicted octanol–water partition coefficient (Wildman–Crippen LogP) is 2.47. The van der Waals surface area contributed by atoms with Gasteiger partial charge in [-0.05, 0) is 30.7 Å². The van der Waals surface area contributed by atoms with Gasteiger partial charge in [-0.2, -0.15) is 0 Å². The van der Waals surface area contributed by atoms with Crippen molar-refractivity contribution in [1.29, 1.82) is 0 Å². The van der Waals surface area contributed by atoms with Gasteiger partial charge in [0.05, 0.1) is 12.6 Å². The molecule has 126 valence electrons. The topological polar surface area (TPSA) is 70.6 Å². The summed E-state index contributed by atoms with van der Waals surface area (Å²) in [4.78, 5) is 12.1. The molecule has 0 spiro atoms. The molecule has 0 saturated carbocycles. The Labute approximate surface area is 139 Å². The lowest BCUT2D eigenvalue weighted by Gasteiger charge is -2.24. The lowest BCUT2D eigenvalue weighted by Crippen LogP contribution is -2.44. The van der Waals surface area contributed by atoms with E-state index in [0.29, 0.717) is 12.2 Å². The zero-order chi connectivity index (χ0) is 17.2. The van der Waals surface area contributed by atoms with E-state index in [0.717, 1.165) is 11.3 Å². The maximum Gasteiger partial charge on any atom is 0.315 e. The number of benzene rings is 2. The number of nitrogens with one attached hydrogen (secondary N) is 2. The quantitative estimate of drug-likeness (QED) is 0.806. The molecule has 0 aliphatic carbocycles. The molecule has 24 heavy (non-hydrogen) atoms. The Morgan fingerprint density at radius 1 is 1.29 bits per heavy atom. The largest absolute Gasteiger partial charge is 0.491 e. The molecule has 0 fully saturated rings. The molecular weight excluding hydrogens is 311 g/mol. The van der Waals surface area contributed by atoms with Crippen LogP contribution in [-0.2, 0) is 5.60 Å². The highest BCUT2D eigenvalue weighted by atomic mass is 19.1. The molecule has 1 heterocycles. The second kappa shape index (κ2) is 6.49. The third-order valence-corrected chi connectivity index (χ3v) is 4.06. The molecule has 2 aromatic rings. The minimum Gasteiger partial charge on any atom is -0.491 e. The zero-order valence-corrected chi connectivity index (χ0v) is 13.3. The van der Waals surface area contributed by atoms with Crippen LogP contribution in [0.2, 0.25) is 0 Å². The molecule has 2 unspecified atom stereocenters. The fraction of sp³-hybridized carbons (Fsp3) is 0.278. The van der Waals surface area contributed by atoms with Crippen molar-refractivity contribution in [1.82, 2.24) is 10.6 Å². The number of rotatable bonds is 4. The van der Waals surface area contributed by atoms with Gasteiger partial charge in [-0.3, -0.25) is 0 Å². The van der Waals surface area contributed by atoms with Crippen LogP contribution in [0.5, 0.6) is 5.75 Å². The Balaban J connectivity index is 1.57. The zero-order valence-electron chi connectivity index (χ0n) is 13.3. The van der Waals surface area contributed by atoms with Crippen LogP contribution >= 0.6 is 0 Å². The van der Waals surface area contributed by atoms with Gasteiger partial charge in [-0.1, -0.05) is 30.3 Å². The van der Waals surface area contributed by atoms with E-state index in [4.69, 9.17) is 4.74 Å². The highest BCUT2D eigenvalue weighted by Gasteiger charge is 2.27. The highest BCUT2D eigenvalue weighted by molar-refractivity contribution is 5.75. The van der Waals surface area contributed by atoms with E-state index in [1.807, 2.05) is 24.3 Å². The van der Waals surface area contributed by atoms with Crippen LogP contribution in [-0.4, -0.2) is 24.3 Å². The van der Waals surface area contributed by atoms with Crippen LogP contribution in [0.3, 0.4) is 0 Å². The fourth-order valence-electron chi connectivity index (χ4n) is 2.65. The lowest BCUT2D eigenvalue weighted by molar-refractivity contribution is 0.0591. The number of halogens is 1. The molecule has 0 bridgehead atoms. The Morgan fingerprint density at radius 3 is 2.75 bits per heavy atom. The number of aliphatic hydroxyl groups is 1. The molecule has 6 heteroatoms. The van der Waals surface area contributed by atoms with Crippen LogP contribution < -0.4 is 15.4 Å². The van der Waals surface area contributed by atoms with Gasteiger partial charge in [0.1, 0.15) is 23.8 Å². The maximum atomic E-state index is 13.0. The van der Waals surface area contributed by atoms with Crippen molar-refractivity contribution in [3.63, 3.8) is 0 Å². The van der Waals surface area contributed by atoms with Crippen LogP contribution in [0, 0.1) is 5.82 Å². The van der Waals surface area contributed by atoms with E-state index in [2.05, 4.69) is 10.6 Å². The summed E-state index contributed by atoms with van der Waals surface area (Å²) in [5, 5.41) is 15.9. The number of amides is 2. The Hall–Kier alpha value is -2.60. The van der Waals surface area contributed by atoms with E-state index >= 15 is 0 Å². The van der Waals surface area contributed by atoms with E-state index in [-0.39, 0.29) is 18.4 Å². The predicted molar refractivity (Wildman–Crippen MR) is 87.2 cm³/mol. The first-order valence-corrected chi connectivity index (χ1v) is 7.70. The molecule has 0 saturated heterocycles. The Kier molecular flexibility index (Phi) is 4.40. The van der Waals surface area contributed by atoms with Crippen molar-refractivity contribution in [2.45, 2.75) is 18.6 Å². The molecule has 2 atom stereocenters. The van der Waals surface area contributed by atoms with E-state index in [9.17, 15) is 14.3 Å². The van der Waals surface area contributed by atoms with Crippen LogP contribution in [0.15, 0.2) is 48.5 Å². The number of carbonyl (C=O) groups is 1. The minimum atomic E-state index is -1.30. The van der Waals surface area contributed by atoms with Crippen LogP contribution in [0.25, 0.3) is 0 Å². The average Bonchev–Trinajstić information content (AvgIpc) is 2.97. The van der Waals surface area contributed by atoms with Crippen molar-refractivity contribution >= 4 is 6.03 Å². The van der Waals surface area contributed by atoms with Gasteiger partial charge in [0.15, 0.2) is 0 Å². The van der Waals surface area contributed by atoms with Gasteiger partial charge in [0, 0.05) is 5.56 Å². The van der Waals surface area contributed by atoms with Crippen LogP contribution in [0.1, 0.15) is 24.1 Å². The molecule has 2 amide bonds. The molecule has 2 aromatic carbocycles. The molecule has 5 nitrogen and oxygen atoms in total. The van der Waals surface area contributed by atoms with Crippen molar-refractivity contribution in [2.24, 2.45) is 0 Å². The number of para-hydroxylation sites is 1. The van der Waals surface area contributed by atoms with Crippen LogP contribution in [0.4, 0.5) is 9.18 Å². The van der Waals surface area contributed by atoms with Crippen molar-refractivity contribution in [2.75, 3.05) is 13.2 Å². The third-order valence-electron chi connectivity index (χ3n) is 4.06. The van der Waals surface area contributed by atoms with Gasteiger partial charge in [-0.25, -0.2) is 9.18 Å². The Bertz CT molecular complexity index is 731. The van der Waals surface area contributed by atoms with Gasteiger partial charge in [0.2, 0.25) is 0 Å². The second-order valence-electron chi connectivity index (χ2n) is 6.01. The standard InChI is InChI=1S/C18H19FN2O3/c1-18(23,12-6-8-13(19)9-7-12)11-20-17(22)21-15-10-24-16-5-3-2-4-14(15)16/h2-9,15,23H,10-11H2,1H3,(H2,20,21,22).